The number of hydrogen-bond acceptors (Lipinski definition) is 3. The van der Waals surface area contributed by atoms with Crippen LogP contribution in [0.5, 0.6) is 0 Å². The highest BCUT2D eigenvalue weighted by Gasteiger charge is 2.02. The molecule has 1 amide bonds. The molecular formula is C11H22N4O2. The third-order valence-corrected chi connectivity index (χ3v) is 2.28. The Balaban J connectivity index is 3.37. The maximum Gasteiger partial charge on any atom is 0.220 e. The Labute approximate surface area is 102 Å². The molecule has 0 aromatic rings. The van der Waals surface area contributed by atoms with E-state index < -0.39 is 0 Å². The van der Waals surface area contributed by atoms with Crippen LogP contribution in [0.2, 0.25) is 0 Å². The summed E-state index contributed by atoms with van der Waals surface area (Å²) in [5, 5.41) is 6.23. The number of nitrogens with one attached hydrogen (secondary N) is 1. The Morgan fingerprint density at radius 3 is 3.00 bits per heavy atom. The monoisotopic (exact) mass is 242 g/mol. The first kappa shape index (κ1) is 15.7. The van der Waals surface area contributed by atoms with E-state index in [1.807, 2.05) is 6.92 Å². The zero-order valence-electron chi connectivity index (χ0n) is 10.7. The lowest BCUT2D eigenvalue weighted by Crippen LogP contribution is -2.28. The second-order valence-electron chi connectivity index (χ2n) is 3.88. The third-order valence-electron chi connectivity index (χ3n) is 2.28. The second kappa shape index (κ2) is 11.2. The molecule has 17 heavy (non-hydrogen) atoms. The summed E-state index contributed by atoms with van der Waals surface area (Å²) >= 11 is 0. The van der Waals surface area contributed by atoms with Crippen molar-refractivity contribution in [3.05, 3.63) is 10.4 Å². The van der Waals surface area contributed by atoms with Gasteiger partial charge >= 0.3 is 0 Å². The summed E-state index contributed by atoms with van der Waals surface area (Å²) in [6.07, 6.45) is 3.29. The van der Waals surface area contributed by atoms with Gasteiger partial charge in [-0.1, -0.05) is 18.5 Å². The Bertz CT molecular complexity index is 252. The van der Waals surface area contributed by atoms with Gasteiger partial charge in [0.25, 0.3) is 0 Å². The molecule has 0 aliphatic heterocycles. The number of hydrogen-bond donors (Lipinski definition) is 1. The smallest absolute Gasteiger partial charge is 0.220 e. The fourth-order valence-electron chi connectivity index (χ4n) is 1.24. The predicted octanol–water partition coefficient (Wildman–Crippen LogP) is 2.40. The number of azide groups is 1. The van der Waals surface area contributed by atoms with Gasteiger partial charge in [-0.25, -0.2) is 0 Å². The molecule has 0 rings (SSSR count). The first-order valence-corrected chi connectivity index (χ1v) is 6.09. The average Bonchev–Trinajstić information content (AvgIpc) is 2.32. The maximum absolute atomic E-state index is 11.2. The molecule has 0 aliphatic rings. The van der Waals surface area contributed by atoms with Crippen LogP contribution < -0.4 is 5.32 Å². The van der Waals surface area contributed by atoms with Crippen LogP contribution in [0.1, 0.15) is 39.5 Å². The molecule has 6 heteroatoms. The van der Waals surface area contributed by atoms with E-state index in [2.05, 4.69) is 22.3 Å². The minimum Gasteiger partial charge on any atom is -0.377 e. The van der Waals surface area contributed by atoms with Gasteiger partial charge in [0.1, 0.15) is 0 Å². The summed E-state index contributed by atoms with van der Waals surface area (Å²) in [7, 11) is 0. The Kier molecular flexibility index (Phi) is 10.4. The fourth-order valence-corrected chi connectivity index (χ4v) is 1.24. The molecule has 0 heterocycles. The van der Waals surface area contributed by atoms with Gasteiger partial charge < -0.3 is 10.1 Å². The quantitative estimate of drug-likeness (QED) is 0.276. The SMILES string of the molecule is CCCCC(=O)NCCOC(C)CCN=[N+]=[N-]. The standard InChI is InChI=1S/C11H22N4O2/c1-3-4-5-11(16)13-8-9-17-10(2)6-7-14-15-12/h10H,3-9H2,1-2H3,(H,13,16). The second-order valence-corrected chi connectivity index (χ2v) is 3.88. The van der Waals surface area contributed by atoms with E-state index >= 15 is 0 Å². The number of amides is 1. The van der Waals surface area contributed by atoms with Crippen molar-refractivity contribution in [2.75, 3.05) is 19.7 Å². The third kappa shape index (κ3) is 11.0. The van der Waals surface area contributed by atoms with Crippen molar-refractivity contribution in [3.63, 3.8) is 0 Å². The van der Waals surface area contributed by atoms with Crippen LogP contribution in [0.3, 0.4) is 0 Å². The average molecular weight is 242 g/mol. The zero-order valence-corrected chi connectivity index (χ0v) is 10.7. The van der Waals surface area contributed by atoms with Crippen LogP contribution in [0, 0.1) is 0 Å². The van der Waals surface area contributed by atoms with Crippen LogP contribution in [-0.2, 0) is 9.53 Å². The highest BCUT2D eigenvalue weighted by molar-refractivity contribution is 5.75. The van der Waals surface area contributed by atoms with Gasteiger partial charge in [-0.05, 0) is 25.3 Å². The summed E-state index contributed by atoms with van der Waals surface area (Å²) in [4.78, 5) is 13.9. The van der Waals surface area contributed by atoms with Crippen molar-refractivity contribution in [2.24, 2.45) is 5.11 Å². The Morgan fingerprint density at radius 2 is 2.35 bits per heavy atom. The van der Waals surface area contributed by atoms with Gasteiger partial charge in [-0.3, -0.25) is 4.79 Å². The van der Waals surface area contributed by atoms with Crippen LogP contribution in [0.15, 0.2) is 5.11 Å². The molecule has 0 aromatic heterocycles. The molecule has 0 saturated heterocycles. The number of rotatable bonds is 10. The lowest BCUT2D eigenvalue weighted by molar-refractivity contribution is -0.121. The predicted molar refractivity (Wildman–Crippen MR) is 66.6 cm³/mol. The largest absolute Gasteiger partial charge is 0.377 e. The summed E-state index contributed by atoms with van der Waals surface area (Å²) in [6.45, 7) is 5.46. The molecule has 0 aromatic carbocycles. The first-order valence-electron chi connectivity index (χ1n) is 6.09. The first-order chi connectivity index (χ1) is 8.20. The molecule has 0 radical (unpaired) electrons. The van der Waals surface area contributed by atoms with Crippen molar-refractivity contribution in [1.82, 2.24) is 5.32 Å². The van der Waals surface area contributed by atoms with E-state index in [4.69, 9.17) is 10.3 Å². The molecule has 1 N–H and O–H groups in total. The van der Waals surface area contributed by atoms with E-state index in [0.29, 0.717) is 32.5 Å². The van der Waals surface area contributed by atoms with E-state index in [1.165, 1.54) is 0 Å². The molecule has 0 bridgehead atoms. The molecule has 0 spiro atoms. The summed E-state index contributed by atoms with van der Waals surface area (Å²) < 4.78 is 5.45. The van der Waals surface area contributed by atoms with E-state index in [1.54, 1.807) is 0 Å². The topological polar surface area (TPSA) is 87.1 Å². The molecule has 1 atom stereocenters. The van der Waals surface area contributed by atoms with E-state index in [9.17, 15) is 4.79 Å². The zero-order chi connectivity index (χ0) is 12.9. The molecule has 1 unspecified atom stereocenters. The van der Waals surface area contributed by atoms with Gasteiger partial charge in [0.2, 0.25) is 5.91 Å². The Morgan fingerprint density at radius 1 is 1.59 bits per heavy atom. The lowest BCUT2D eigenvalue weighted by atomic mass is 10.2. The number of ether oxygens (including phenoxy) is 1. The normalized spacial score (nSPS) is 11.6. The number of carbonyl (C=O) groups excluding carboxylic acids is 1. The van der Waals surface area contributed by atoms with E-state index in [-0.39, 0.29) is 12.0 Å². The summed E-state index contributed by atoms with van der Waals surface area (Å²) in [5.74, 6) is 0.0807. The molecule has 98 valence electrons. The van der Waals surface area contributed by atoms with Gasteiger partial charge in [-0.2, -0.15) is 0 Å². The highest BCUT2D eigenvalue weighted by Crippen LogP contribution is 1.97. The molecule has 0 fully saturated rings. The van der Waals surface area contributed by atoms with Crippen LogP contribution in [0.25, 0.3) is 10.4 Å². The van der Waals surface area contributed by atoms with Gasteiger partial charge in [0, 0.05) is 24.4 Å². The molecule has 0 saturated carbocycles. The minimum absolute atomic E-state index is 0.0491. The minimum atomic E-state index is 0.0491. The summed E-state index contributed by atoms with van der Waals surface area (Å²) in [6, 6.07) is 0. The molecule has 6 nitrogen and oxygen atoms in total. The van der Waals surface area contributed by atoms with Crippen LogP contribution >= 0.6 is 0 Å². The van der Waals surface area contributed by atoms with Gasteiger partial charge in [0.05, 0.1) is 12.7 Å². The number of unbranched alkanes of at least 4 members (excludes halogenated alkanes) is 1. The fraction of sp³-hybridized carbons (Fsp3) is 0.909. The molecule has 0 aliphatic carbocycles. The molecular weight excluding hydrogens is 220 g/mol. The lowest BCUT2D eigenvalue weighted by Gasteiger charge is -2.12. The number of carbonyl (C=O) groups is 1. The van der Waals surface area contributed by atoms with Crippen LogP contribution in [-0.4, -0.2) is 31.7 Å². The van der Waals surface area contributed by atoms with Gasteiger partial charge in [-0.15, -0.1) is 0 Å². The summed E-state index contributed by atoms with van der Waals surface area (Å²) in [5.41, 5.74) is 8.10. The van der Waals surface area contributed by atoms with Crippen molar-refractivity contribution in [2.45, 2.75) is 45.6 Å². The van der Waals surface area contributed by atoms with Crippen molar-refractivity contribution in [1.29, 1.82) is 0 Å². The Hall–Kier alpha value is -1.26. The van der Waals surface area contributed by atoms with Crippen molar-refractivity contribution >= 4 is 5.91 Å². The number of nitrogens with zero attached hydrogens (tertiary/aromatic N) is 3. The van der Waals surface area contributed by atoms with Crippen LogP contribution in [0.4, 0.5) is 0 Å². The highest BCUT2D eigenvalue weighted by atomic mass is 16.5. The van der Waals surface area contributed by atoms with Gasteiger partial charge in [0.15, 0.2) is 0 Å². The maximum atomic E-state index is 11.2. The van der Waals surface area contributed by atoms with Crippen molar-refractivity contribution in [3.8, 4) is 0 Å². The van der Waals surface area contributed by atoms with Crippen molar-refractivity contribution < 1.29 is 9.53 Å². The van der Waals surface area contributed by atoms with E-state index in [0.717, 1.165) is 12.8 Å².